The quantitative estimate of drug-likeness (QED) is 0.484. The topological polar surface area (TPSA) is 78.3 Å². The molecule has 1 saturated heterocycles. The second kappa shape index (κ2) is 6.15. The first-order valence-corrected chi connectivity index (χ1v) is 6.48. The molecule has 1 unspecified atom stereocenters. The van der Waals surface area contributed by atoms with E-state index < -0.39 is 6.36 Å². The SMILES string of the molecule is Cc1cc(OC(F)(F)F)ccc1N1CC(CN=[N+]=[N-])CC1=O. The predicted octanol–water partition coefficient (Wildman–Crippen LogP) is 3.56. The number of ether oxygens (including phenoxy) is 1. The molecule has 0 bridgehead atoms. The van der Waals surface area contributed by atoms with Crippen LogP contribution in [0.15, 0.2) is 23.3 Å². The number of benzene rings is 1. The van der Waals surface area contributed by atoms with Gasteiger partial charge in [0.05, 0.1) is 0 Å². The van der Waals surface area contributed by atoms with Crippen molar-refractivity contribution in [2.24, 2.45) is 11.0 Å². The highest BCUT2D eigenvalue weighted by Gasteiger charge is 2.33. The number of alkyl halides is 3. The minimum Gasteiger partial charge on any atom is -0.406 e. The predicted molar refractivity (Wildman–Crippen MR) is 72.3 cm³/mol. The maximum atomic E-state index is 12.2. The highest BCUT2D eigenvalue weighted by Crippen LogP contribution is 2.32. The average molecular weight is 314 g/mol. The minimum atomic E-state index is -4.75. The molecule has 1 aliphatic heterocycles. The summed E-state index contributed by atoms with van der Waals surface area (Å²) in [5.74, 6) is -0.564. The molecule has 1 amide bonds. The number of nitrogens with zero attached hydrogens (tertiary/aromatic N) is 4. The summed E-state index contributed by atoms with van der Waals surface area (Å²) in [6.45, 7) is 2.19. The monoisotopic (exact) mass is 314 g/mol. The van der Waals surface area contributed by atoms with Crippen LogP contribution in [-0.4, -0.2) is 25.4 Å². The summed E-state index contributed by atoms with van der Waals surface area (Å²) in [5, 5.41) is 3.45. The second-order valence-electron chi connectivity index (χ2n) is 4.98. The van der Waals surface area contributed by atoms with Crippen LogP contribution in [0, 0.1) is 12.8 Å². The zero-order valence-electron chi connectivity index (χ0n) is 11.7. The molecule has 0 spiro atoms. The molecule has 0 N–H and O–H groups in total. The number of rotatable bonds is 4. The second-order valence-corrected chi connectivity index (χ2v) is 4.98. The van der Waals surface area contributed by atoms with Gasteiger partial charge in [0, 0.05) is 30.1 Å². The van der Waals surface area contributed by atoms with E-state index in [1.807, 2.05) is 0 Å². The van der Waals surface area contributed by atoms with Gasteiger partial charge >= 0.3 is 6.36 Å². The van der Waals surface area contributed by atoms with E-state index in [1.54, 1.807) is 6.92 Å². The molecular formula is C13H13F3N4O2. The lowest BCUT2D eigenvalue weighted by molar-refractivity contribution is -0.274. The Hall–Kier alpha value is -2.41. The summed E-state index contributed by atoms with van der Waals surface area (Å²) in [5.41, 5.74) is 9.33. The maximum Gasteiger partial charge on any atom is 0.573 e. The van der Waals surface area contributed by atoms with E-state index in [4.69, 9.17) is 5.53 Å². The number of halogens is 3. The summed E-state index contributed by atoms with van der Waals surface area (Å²) < 4.78 is 40.4. The summed E-state index contributed by atoms with van der Waals surface area (Å²) in [4.78, 5) is 16.1. The third kappa shape index (κ3) is 3.82. The van der Waals surface area contributed by atoms with Gasteiger partial charge in [0.25, 0.3) is 0 Å². The Morgan fingerprint density at radius 3 is 2.82 bits per heavy atom. The molecule has 118 valence electrons. The van der Waals surface area contributed by atoms with E-state index in [2.05, 4.69) is 14.8 Å². The standard InChI is InChI=1S/C13H13F3N4O2/c1-8-4-10(22-13(14,15)16)2-3-11(8)20-7-9(5-12(20)21)6-18-19-17/h2-4,9H,5-7H2,1H3. The summed E-state index contributed by atoms with van der Waals surface area (Å²) in [7, 11) is 0. The normalized spacial score (nSPS) is 18.3. The van der Waals surface area contributed by atoms with E-state index in [0.29, 0.717) is 17.8 Å². The van der Waals surface area contributed by atoms with Crippen molar-refractivity contribution in [2.45, 2.75) is 19.7 Å². The lowest BCUT2D eigenvalue weighted by atomic mass is 10.1. The van der Waals surface area contributed by atoms with Gasteiger partial charge in [0.2, 0.25) is 5.91 Å². The average Bonchev–Trinajstić information content (AvgIpc) is 2.76. The Labute approximate surface area is 124 Å². The van der Waals surface area contributed by atoms with Gasteiger partial charge in [-0.05, 0) is 42.1 Å². The largest absolute Gasteiger partial charge is 0.573 e. The first-order valence-electron chi connectivity index (χ1n) is 6.48. The zero-order chi connectivity index (χ0) is 16.3. The van der Waals surface area contributed by atoms with Gasteiger partial charge in [-0.3, -0.25) is 4.79 Å². The minimum absolute atomic E-state index is 0.0890. The number of aryl methyl sites for hydroxylation is 1. The van der Waals surface area contributed by atoms with Gasteiger partial charge < -0.3 is 9.64 Å². The molecule has 9 heteroatoms. The molecule has 1 fully saturated rings. The summed E-state index contributed by atoms with van der Waals surface area (Å²) in [6, 6.07) is 3.82. The van der Waals surface area contributed by atoms with Gasteiger partial charge in [-0.15, -0.1) is 13.2 Å². The molecular weight excluding hydrogens is 301 g/mol. The van der Waals surface area contributed by atoms with Crippen molar-refractivity contribution in [2.75, 3.05) is 18.0 Å². The Morgan fingerprint density at radius 2 is 2.23 bits per heavy atom. The zero-order valence-corrected chi connectivity index (χ0v) is 11.7. The lowest BCUT2D eigenvalue weighted by Gasteiger charge is -2.20. The first kappa shape index (κ1) is 16.0. The van der Waals surface area contributed by atoms with E-state index in [1.165, 1.54) is 23.1 Å². The highest BCUT2D eigenvalue weighted by atomic mass is 19.4. The third-order valence-corrected chi connectivity index (χ3v) is 3.30. The van der Waals surface area contributed by atoms with Crippen LogP contribution >= 0.6 is 0 Å². The highest BCUT2D eigenvalue weighted by molar-refractivity contribution is 5.96. The Bertz CT molecular complexity index is 626. The fourth-order valence-electron chi connectivity index (χ4n) is 2.42. The molecule has 0 aliphatic carbocycles. The fourth-order valence-corrected chi connectivity index (χ4v) is 2.42. The number of anilines is 1. The van der Waals surface area contributed by atoms with Gasteiger partial charge in [-0.25, -0.2) is 0 Å². The molecule has 1 heterocycles. The molecule has 22 heavy (non-hydrogen) atoms. The summed E-state index contributed by atoms with van der Waals surface area (Å²) in [6.07, 6.45) is -4.50. The number of carbonyl (C=O) groups is 1. The molecule has 0 aromatic heterocycles. The molecule has 2 rings (SSSR count). The molecule has 1 aromatic rings. The van der Waals surface area contributed by atoms with Crippen LogP contribution in [-0.2, 0) is 4.79 Å². The van der Waals surface area contributed by atoms with Gasteiger partial charge in [-0.2, -0.15) is 0 Å². The van der Waals surface area contributed by atoms with Crippen LogP contribution in [0.3, 0.4) is 0 Å². The third-order valence-electron chi connectivity index (χ3n) is 3.30. The fraction of sp³-hybridized carbons (Fsp3) is 0.462. The van der Waals surface area contributed by atoms with E-state index in [-0.39, 0.29) is 30.5 Å². The van der Waals surface area contributed by atoms with Crippen molar-refractivity contribution in [3.05, 3.63) is 34.2 Å². The number of amides is 1. The van der Waals surface area contributed by atoms with E-state index in [0.717, 1.165) is 0 Å². The van der Waals surface area contributed by atoms with Gasteiger partial charge in [0.15, 0.2) is 0 Å². The van der Waals surface area contributed by atoms with Crippen LogP contribution in [0.25, 0.3) is 10.4 Å². The Balaban J connectivity index is 2.16. The Kier molecular flexibility index (Phi) is 4.46. The number of azide groups is 1. The van der Waals surface area contributed by atoms with Crippen molar-refractivity contribution in [1.82, 2.24) is 0 Å². The summed E-state index contributed by atoms with van der Waals surface area (Å²) >= 11 is 0. The van der Waals surface area contributed by atoms with Crippen molar-refractivity contribution >= 4 is 11.6 Å². The van der Waals surface area contributed by atoms with Crippen LogP contribution in [0.2, 0.25) is 0 Å². The molecule has 1 aliphatic rings. The van der Waals surface area contributed by atoms with Gasteiger partial charge in [-0.1, -0.05) is 5.11 Å². The lowest BCUT2D eigenvalue weighted by Crippen LogP contribution is -2.25. The first-order chi connectivity index (χ1) is 10.3. The van der Waals surface area contributed by atoms with Crippen molar-refractivity contribution < 1.29 is 22.7 Å². The number of carbonyl (C=O) groups excluding carboxylic acids is 1. The van der Waals surface area contributed by atoms with E-state index in [9.17, 15) is 18.0 Å². The molecule has 1 aromatic carbocycles. The van der Waals surface area contributed by atoms with Crippen LogP contribution < -0.4 is 9.64 Å². The van der Waals surface area contributed by atoms with Gasteiger partial charge in [0.1, 0.15) is 5.75 Å². The molecule has 1 atom stereocenters. The van der Waals surface area contributed by atoms with Crippen LogP contribution in [0.1, 0.15) is 12.0 Å². The number of hydrogen-bond donors (Lipinski definition) is 0. The molecule has 0 radical (unpaired) electrons. The van der Waals surface area contributed by atoms with E-state index >= 15 is 0 Å². The molecule has 0 saturated carbocycles. The van der Waals surface area contributed by atoms with Crippen LogP contribution in [0.5, 0.6) is 5.75 Å². The van der Waals surface area contributed by atoms with Crippen molar-refractivity contribution in [3.8, 4) is 5.75 Å². The van der Waals surface area contributed by atoms with Crippen molar-refractivity contribution in [1.29, 1.82) is 0 Å². The smallest absolute Gasteiger partial charge is 0.406 e. The maximum absolute atomic E-state index is 12.2. The van der Waals surface area contributed by atoms with Crippen LogP contribution in [0.4, 0.5) is 18.9 Å². The van der Waals surface area contributed by atoms with Crippen molar-refractivity contribution in [3.63, 3.8) is 0 Å². The number of hydrogen-bond acceptors (Lipinski definition) is 3. The molecule has 6 nitrogen and oxygen atoms in total. The Morgan fingerprint density at radius 1 is 1.50 bits per heavy atom.